The Morgan fingerprint density at radius 1 is 1.40 bits per heavy atom. The van der Waals surface area contributed by atoms with E-state index in [9.17, 15) is 4.79 Å². The summed E-state index contributed by atoms with van der Waals surface area (Å²) in [7, 11) is 0. The van der Waals surface area contributed by atoms with Crippen molar-refractivity contribution in [1.82, 2.24) is 0 Å². The predicted octanol–water partition coefficient (Wildman–Crippen LogP) is -0.448. The molecule has 0 atom stereocenters. The van der Waals surface area contributed by atoms with Gasteiger partial charge in [-0.15, -0.1) is 0 Å². The minimum Gasteiger partial charge on any atom is -0.477 e. The zero-order chi connectivity index (χ0) is 7.78. The normalized spacial score (nSPS) is 20.2. The molecule has 0 saturated heterocycles. The average Bonchev–Trinajstić information content (AvgIpc) is 1.57. The summed E-state index contributed by atoms with van der Waals surface area (Å²) in [6.45, 7) is 0. The van der Waals surface area contributed by atoms with Crippen LogP contribution in [0.5, 0.6) is 0 Å². The molecule has 3 N–H and O–H groups in total. The first-order chi connectivity index (χ1) is 4.55. The number of rotatable bonds is 2. The Balaban J connectivity index is 2.57. The third-order valence-electron chi connectivity index (χ3n) is 1.99. The van der Waals surface area contributed by atoms with Gasteiger partial charge in [-0.05, 0) is 12.8 Å². The molecule has 0 spiro atoms. The van der Waals surface area contributed by atoms with Crippen molar-refractivity contribution in [2.45, 2.75) is 25.0 Å². The highest BCUT2D eigenvalue weighted by Crippen LogP contribution is 2.34. The molecule has 1 fully saturated rings. The fraction of sp³-hybridized carbons (Fsp3) is 0.833. The van der Waals surface area contributed by atoms with Gasteiger partial charge in [0.1, 0.15) is 0 Å². The first-order valence-corrected chi connectivity index (χ1v) is 3.23. The van der Waals surface area contributed by atoms with E-state index in [1.807, 2.05) is 0 Å². The van der Waals surface area contributed by atoms with Crippen molar-refractivity contribution in [2.24, 2.45) is 5.92 Å². The Kier molecular flexibility index (Phi) is 1.66. The summed E-state index contributed by atoms with van der Waals surface area (Å²) in [6.07, 6.45) is 2.08. The van der Waals surface area contributed by atoms with Gasteiger partial charge in [0.15, 0.2) is 0 Å². The number of aliphatic carboxylic acids is 1. The molecular formula is C6H10O4. The molecule has 10 heavy (non-hydrogen) atoms. The lowest BCUT2D eigenvalue weighted by Gasteiger charge is -2.33. The first-order valence-electron chi connectivity index (χ1n) is 3.23. The summed E-state index contributed by atoms with van der Waals surface area (Å²) in [5.74, 6) is -4.50. The van der Waals surface area contributed by atoms with Crippen molar-refractivity contribution in [2.75, 3.05) is 0 Å². The Bertz CT molecular complexity index is 148. The summed E-state index contributed by atoms with van der Waals surface area (Å²) >= 11 is 0. The summed E-state index contributed by atoms with van der Waals surface area (Å²) in [4.78, 5) is 10.2. The summed E-state index contributed by atoms with van der Waals surface area (Å²) in [6, 6.07) is 0. The summed E-state index contributed by atoms with van der Waals surface area (Å²) in [5.41, 5.74) is 0. The van der Waals surface area contributed by atoms with E-state index in [4.69, 9.17) is 15.3 Å². The number of hydrogen-bond acceptors (Lipinski definition) is 3. The van der Waals surface area contributed by atoms with Crippen LogP contribution >= 0.6 is 0 Å². The van der Waals surface area contributed by atoms with E-state index >= 15 is 0 Å². The molecular weight excluding hydrogens is 136 g/mol. The molecule has 0 bridgehead atoms. The number of carbonyl (C=O) groups is 1. The molecule has 0 amide bonds. The zero-order valence-electron chi connectivity index (χ0n) is 5.45. The lowest BCUT2D eigenvalue weighted by Crippen LogP contribution is -2.48. The molecule has 0 radical (unpaired) electrons. The second kappa shape index (κ2) is 2.21. The van der Waals surface area contributed by atoms with Crippen molar-refractivity contribution in [3.63, 3.8) is 0 Å². The van der Waals surface area contributed by atoms with E-state index in [-0.39, 0.29) is 0 Å². The van der Waals surface area contributed by atoms with Gasteiger partial charge in [0, 0.05) is 5.92 Å². The van der Waals surface area contributed by atoms with E-state index in [0.717, 1.165) is 6.42 Å². The largest absolute Gasteiger partial charge is 0.477 e. The molecule has 1 rings (SSSR count). The van der Waals surface area contributed by atoms with Crippen LogP contribution in [0.15, 0.2) is 0 Å². The minimum atomic E-state index is -2.49. The van der Waals surface area contributed by atoms with Crippen LogP contribution in [0.2, 0.25) is 0 Å². The molecule has 0 aliphatic heterocycles. The Morgan fingerprint density at radius 3 is 2.00 bits per heavy atom. The van der Waals surface area contributed by atoms with Gasteiger partial charge in [-0.2, -0.15) is 0 Å². The molecule has 0 aromatic rings. The minimum absolute atomic E-state index is 0.468. The Labute approximate surface area is 58.1 Å². The van der Waals surface area contributed by atoms with Gasteiger partial charge in [-0.3, -0.25) is 0 Å². The fourth-order valence-corrected chi connectivity index (χ4v) is 0.985. The van der Waals surface area contributed by atoms with Gasteiger partial charge >= 0.3 is 5.97 Å². The molecule has 4 nitrogen and oxygen atoms in total. The number of carboxylic acid groups (broad SMARTS) is 1. The van der Waals surface area contributed by atoms with Crippen LogP contribution in [0.1, 0.15) is 19.3 Å². The highest BCUT2D eigenvalue weighted by atomic mass is 16.5. The van der Waals surface area contributed by atoms with E-state index in [0.29, 0.717) is 12.8 Å². The van der Waals surface area contributed by atoms with Crippen molar-refractivity contribution in [3.8, 4) is 0 Å². The third-order valence-corrected chi connectivity index (χ3v) is 1.99. The van der Waals surface area contributed by atoms with Crippen molar-refractivity contribution >= 4 is 5.97 Å². The van der Waals surface area contributed by atoms with E-state index in [1.165, 1.54) is 0 Å². The topological polar surface area (TPSA) is 77.8 Å². The molecule has 1 saturated carbocycles. The van der Waals surface area contributed by atoms with Crippen LogP contribution in [0, 0.1) is 5.92 Å². The molecule has 0 heterocycles. The molecule has 0 unspecified atom stereocenters. The molecule has 1 aliphatic rings. The summed E-state index contributed by atoms with van der Waals surface area (Å²) in [5, 5.41) is 26.0. The predicted molar refractivity (Wildman–Crippen MR) is 32.1 cm³/mol. The van der Waals surface area contributed by atoms with E-state index in [1.54, 1.807) is 0 Å². The molecule has 58 valence electrons. The highest BCUT2D eigenvalue weighted by Gasteiger charge is 2.45. The molecule has 0 aromatic heterocycles. The van der Waals surface area contributed by atoms with Crippen LogP contribution in [-0.2, 0) is 4.79 Å². The SMILES string of the molecule is O=C(O)C(O)(O)C1CCC1. The highest BCUT2D eigenvalue weighted by molar-refractivity contribution is 5.75. The van der Waals surface area contributed by atoms with Crippen LogP contribution in [0.3, 0.4) is 0 Å². The molecule has 0 aromatic carbocycles. The lowest BCUT2D eigenvalue weighted by molar-refractivity contribution is -0.231. The quantitative estimate of drug-likeness (QED) is 0.461. The Morgan fingerprint density at radius 2 is 1.90 bits per heavy atom. The second-order valence-corrected chi connectivity index (χ2v) is 2.66. The average molecular weight is 146 g/mol. The molecule has 1 aliphatic carbocycles. The maximum Gasteiger partial charge on any atom is 0.364 e. The number of hydrogen-bond donors (Lipinski definition) is 3. The van der Waals surface area contributed by atoms with Gasteiger partial charge in [0.2, 0.25) is 0 Å². The van der Waals surface area contributed by atoms with Crippen LogP contribution in [0.25, 0.3) is 0 Å². The van der Waals surface area contributed by atoms with Crippen molar-refractivity contribution in [3.05, 3.63) is 0 Å². The number of aliphatic hydroxyl groups is 2. The van der Waals surface area contributed by atoms with Crippen molar-refractivity contribution < 1.29 is 20.1 Å². The van der Waals surface area contributed by atoms with Crippen LogP contribution in [0.4, 0.5) is 0 Å². The van der Waals surface area contributed by atoms with Crippen LogP contribution < -0.4 is 0 Å². The number of carboxylic acids is 1. The fourth-order valence-electron chi connectivity index (χ4n) is 0.985. The van der Waals surface area contributed by atoms with Gasteiger partial charge in [0.25, 0.3) is 5.79 Å². The third kappa shape index (κ3) is 0.998. The first kappa shape index (κ1) is 7.50. The monoisotopic (exact) mass is 146 g/mol. The summed E-state index contributed by atoms with van der Waals surface area (Å²) < 4.78 is 0. The standard InChI is InChI=1S/C6H10O4/c7-5(8)6(9,10)4-2-1-3-4/h4,9-10H,1-3H2,(H,7,8). The molecule has 4 heteroatoms. The van der Waals surface area contributed by atoms with Gasteiger partial charge in [-0.1, -0.05) is 6.42 Å². The van der Waals surface area contributed by atoms with Crippen molar-refractivity contribution in [1.29, 1.82) is 0 Å². The van der Waals surface area contributed by atoms with Gasteiger partial charge in [-0.25, -0.2) is 4.79 Å². The van der Waals surface area contributed by atoms with E-state index in [2.05, 4.69) is 0 Å². The maximum absolute atomic E-state index is 10.2. The maximum atomic E-state index is 10.2. The second-order valence-electron chi connectivity index (χ2n) is 2.66. The van der Waals surface area contributed by atoms with Gasteiger partial charge < -0.3 is 15.3 Å². The van der Waals surface area contributed by atoms with E-state index < -0.39 is 17.7 Å². The lowest BCUT2D eigenvalue weighted by atomic mass is 9.79. The smallest absolute Gasteiger partial charge is 0.364 e. The van der Waals surface area contributed by atoms with Gasteiger partial charge in [0.05, 0.1) is 0 Å². The van der Waals surface area contributed by atoms with Crippen LogP contribution in [-0.4, -0.2) is 27.1 Å². The Hall–Kier alpha value is -0.610. The zero-order valence-corrected chi connectivity index (χ0v) is 5.45.